The molecule has 3 rings (SSSR count). The highest BCUT2D eigenvalue weighted by atomic mass is 127. The van der Waals surface area contributed by atoms with Crippen LogP contribution in [0.4, 0.5) is 4.39 Å². The highest BCUT2D eigenvalue weighted by Gasteiger charge is 2.16. The Balaban J connectivity index is 1.61. The number of carbonyl (C=O) groups excluding carboxylic acids is 1. The Kier molecular flexibility index (Phi) is 8.81. The number of carbonyl (C=O) groups is 1. The summed E-state index contributed by atoms with van der Waals surface area (Å²) < 4.78 is 20.0. The fourth-order valence-corrected chi connectivity index (χ4v) is 3.87. The van der Waals surface area contributed by atoms with Crippen molar-refractivity contribution in [2.75, 3.05) is 6.54 Å². The molecule has 0 aliphatic rings. The van der Waals surface area contributed by atoms with E-state index in [2.05, 4.69) is 28.5 Å². The maximum Gasteiger partial charge on any atom is 0.292 e. The van der Waals surface area contributed by atoms with Gasteiger partial charge in [0.2, 0.25) is 5.89 Å². The van der Waals surface area contributed by atoms with Crippen molar-refractivity contribution in [1.29, 1.82) is 0 Å². The molecule has 8 heteroatoms. The molecule has 1 heterocycles. The minimum Gasteiger partial charge on any atom is -0.349 e. The number of unbranched alkanes of at least 4 members (excludes halogenated alkanes) is 1. The predicted molar refractivity (Wildman–Crippen MR) is 132 cm³/mol. The van der Waals surface area contributed by atoms with E-state index in [1.165, 1.54) is 6.07 Å². The molecule has 0 atom stereocenters. The van der Waals surface area contributed by atoms with Crippen LogP contribution in [-0.4, -0.2) is 22.6 Å². The first-order valence-electron chi connectivity index (χ1n) is 10.4. The zero-order valence-corrected chi connectivity index (χ0v) is 20.8. The average molecular weight is 568 g/mol. The van der Waals surface area contributed by atoms with Crippen LogP contribution in [0.15, 0.2) is 47.0 Å². The number of hydrogen-bond donors (Lipinski definition) is 1. The molecular formula is C24H24ClFIN3O2. The predicted octanol–water partition coefficient (Wildman–Crippen LogP) is 6.37. The van der Waals surface area contributed by atoms with Gasteiger partial charge in [0.05, 0.1) is 6.42 Å². The number of halogens is 3. The number of rotatable bonds is 9. The summed E-state index contributed by atoms with van der Waals surface area (Å²) in [5.41, 5.74) is 3.79. The molecular weight excluding hydrogens is 544 g/mol. The van der Waals surface area contributed by atoms with Gasteiger partial charge in [-0.15, -0.1) is 0 Å². The van der Waals surface area contributed by atoms with Crippen LogP contribution in [0.3, 0.4) is 0 Å². The Morgan fingerprint density at radius 1 is 1.28 bits per heavy atom. The van der Waals surface area contributed by atoms with E-state index in [-0.39, 0.29) is 24.0 Å². The van der Waals surface area contributed by atoms with Gasteiger partial charge in [0, 0.05) is 15.1 Å². The largest absolute Gasteiger partial charge is 0.349 e. The van der Waals surface area contributed by atoms with Crippen LogP contribution < -0.4 is 5.32 Å². The van der Waals surface area contributed by atoms with Crippen molar-refractivity contribution >= 4 is 45.7 Å². The van der Waals surface area contributed by atoms with Crippen LogP contribution in [0.25, 0.3) is 5.57 Å². The Bertz CT molecular complexity index is 1130. The Morgan fingerprint density at radius 2 is 2.09 bits per heavy atom. The molecule has 0 aliphatic heterocycles. The summed E-state index contributed by atoms with van der Waals surface area (Å²) in [5.74, 6) is -0.651. The van der Waals surface area contributed by atoms with Crippen LogP contribution in [0, 0.1) is 16.3 Å². The number of aromatic nitrogens is 2. The zero-order valence-electron chi connectivity index (χ0n) is 17.9. The molecule has 1 amide bonds. The van der Waals surface area contributed by atoms with Crippen LogP contribution >= 0.6 is 34.2 Å². The lowest BCUT2D eigenvalue weighted by atomic mass is 9.97. The third kappa shape index (κ3) is 6.62. The molecule has 1 aromatic heterocycles. The minimum atomic E-state index is -0.430. The summed E-state index contributed by atoms with van der Waals surface area (Å²) in [6.07, 6.45) is 4.93. The SMILES string of the molecule is CCC/C=C(/CCNC(=O)c1noc(Cc2ccc(I)cc2F)n1)c1cc(Cl)ccc1C. The molecule has 0 aliphatic carbocycles. The van der Waals surface area contributed by atoms with E-state index >= 15 is 0 Å². The van der Waals surface area contributed by atoms with Gasteiger partial charge < -0.3 is 9.84 Å². The summed E-state index contributed by atoms with van der Waals surface area (Å²) in [7, 11) is 0. The Hall–Kier alpha value is -2.26. The van der Waals surface area contributed by atoms with Gasteiger partial charge in [-0.05, 0) is 88.9 Å². The van der Waals surface area contributed by atoms with Crippen LogP contribution in [0.5, 0.6) is 0 Å². The standard InChI is InChI=1S/C24H24ClFIN3O2/c1-3-4-5-16(20-13-18(25)8-6-15(20)2)10-11-28-24(31)23-29-22(32-30-23)12-17-7-9-19(27)14-21(17)26/h5-9,13-14H,3-4,10-12H2,1-2H3,(H,28,31)/b16-5-. The molecule has 32 heavy (non-hydrogen) atoms. The van der Waals surface area contributed by atoms with Crippen LogP contribution in [0.1, 0.15) is 59.4 Å². The fraction of sp³-hybridized carbons (Fsp3) is 0.292. The van der Waals surface area contributed by atoms with Crippen LogP contribution in [-0.2, 0) is 6.42 Å². The second kappa shape index (κ2) is 11.6. The van der Waals surface area contributed by atoms with Gasteiger partial charge in [-0.2, -0.15) is 4.98 Å². The fourth-order valence-electron chi connectivity index (χ4n) is 3.24. The van der Waals surface area contributed by atoms with Gasteiger partial charge in [0.1, 0.15) is 5.82 Å². The maximum absolute atomic E-state index is 14.0. The van der Waals surface area contributed by atoms with E-state index < -0.39 is 5.91 Å². The highest BCUT2D eigenvalue weighted by molar-refractivity contribution is 14.1. The van der Waals surface area contributed by atoms with Gasteiger partial charge in [-0.3, -0.25) is 4.79 Å². The number of nitrogens with one attached hydrogen (secondary N) is 1. The van der Waals surface area contributed by atoms with Gasteiger partial charge in [0.25, 0.3) is 11.7 Å². The van der Waals surface area contributed by atoms with Crippen molar-refractivity contribution in [3.63, 3.8) is 0 Å². The Labute approximate surface area is 205 Å². The van der Waals surface area contributed by atoms with Gasteiger partial charge in [-0.25, -0.2) is 4.39 Å². The third-order valence-electron chi connectivity index (χ3n) is 4.93. The lowest BCUT2D eigenvalue weighted by molar-refractivity contribution is 0.0941. The zero-order chi connectivity index (χ0) is 23.1. The van der Waals surface area contributed by atoms with E-state index in [9.17, 15) is 9.18 Å². The van der Waals surface area contributed by atoms with E-state index in [0.717, 1.165) is 33.1 Å². The molecule has 0 bridgehead atoms. The summed E-state index contributed by atoms with van der Waals surface area (Å²) in [5, 5.41) is 7.25. The smallest absolute Gasteiger partial charge is 0.292 e. The van der Waals surface area contributed by atoms with Crippen molar-refractivity contribution in [2.45, 2.75) is 39.5 Å². The second-order valence-corrected chi connectivity index (χ2v) is 9.09. The van der Waals surface area contributed by atoms with Crippen molar-refractivity contribution in [3.05, 3.63) is 85.3 Å². The first-order chi connectivity index (χ1) is 15.4. The molecule has 0 radical (unpaired) electrons. The lowest BCUT2D eigenvalue weighted by Crippen LogP contribution is -2.25. The molecule has 0 unspecified atom stereocenters. The van der Waals surface area contributed by atoms with Crippen molar-refractivity contribution < 1.29 is 13.7 Å². The lowest BCUT2D eigenvalue weighted by Gasteiger charge is -2.12. The molecule has 0 fully saturated rings. The summed E-state index contributed by atoms with van der Waals surface area (Å²) in [4.78, 5) is 16.6. The van der Waals surface area contributed by atoms with Crippen LogP contribution in [0.2, 0.25) is 5.02 Å². The molecule has 3 aromatic rings. The summed E-state index contributed by atoms with van der Waals surface area (Å²) in [6, 6.07) is 10.7. The first kappa shape index (κ1) is 24.4. The quantitative estimate of drug-likeness (QED) is 0.305. The first-order valence-corrected chi connectivity index (χ1v) is 11.8. The average Bonchev–Trinajstić information content (AvgIpc) is 3.23. The topological polar surface area (TPSA) is 68.0 Å². The van der Waals surface area contributed by atoms with E-state index in [4.69, 9.17) is 16.1 Å². The highest BCUT2D eigenvalue weighted by Crippen LogP contribution is 2.26. The molecule has 0 saturated heterocycles. The molecule has 1 N–H and O–H groups in total. The molecule has 2 aromatic carbocycles. The number of amides is 1. The van der Waals surface area contributed by atoms with E-state index in [0.29, 0.717) is 23.6 Å². The number of benzene rings is 2. The maximum atomic E-state index is 14.0. The number of allylic oxidation sites excluding steroid dienone is 1. The monoisotopic (exact) mass is 567 g/mol. The van der Waals surface area contributed by atoms with Gasteiger partial charge in [-0.1, -0.05) is 48.3 Å². The second-order valence-electron chi connectivity index (χ2n) is 7.41. The molecule has 0 spiro atoms. The third-order valence-corrected chi connectivity index (χ3v) is 5.84. The normalized spacial score (nSPS) is 11.6. The van der Waals surface area contributed by atoms with Crippen molar-refractivity contribution in [2.24, 2.45) is 0 Å². The molecule has 5 nitrogen and oxygen atoms in total. The summed E-state index contributed by atoms with van der Waals surface area (Å²) >= 11 is 8.23. The van der Waals surface area contributed by atoms with Gasteiger partial charge >= 0.3 is 0 Å². The minimum absolute atomic E-state index is 0.0658. The number of hydrogen-bond acceptors (Lipinski definition) is 4. The number of nitrogens with zero attached hydrogens (tertiary/aromatic N) is 2. The van der Waals surface area contributed by atoms with Crippen molar-refractivity contribution in [3.8, 4) is 0 Å². The van der Waals surface area contributed by atoms with E-state index in [1.54, 1.807) is 12.1 Å². The summed E-state index contributed by atoms with van der Waals surface area (Å²) in [6.45, 7) is 4.58. The van der Waals surface area contributed by atoms with Gasteiger partial charge in [0.15, 0.2) is 0 Å². The van der Waals surface area contributed by atoms with E-state index in [1.807, 2.05) is 47.7 Å². The Morgan fingerprint density at radius 3 is 2.84 bits per heavy atom. The number of aryl methyl sites for hydroxylation is 1. The molecule has 0 saturated carbocycles. The molecule has 168 valence electrons. The van der Waals surface area contributed by atoms with Crippen molar-refractivity contribution in [1.82, 2.24) is 15.5 Å².